The van der Waals surface area contributed by atoms with Crippen LogP contribution in [0.3, 0.4) is 0 Å². The molecule has 0 spiro atoms. The zero-order valence-corrected chi connectivity index (χ0v) is 11.7. The van der Waals surface area contributed by atoms with Gasteiger partial charge >= 0.3 is 0 Å². The lowest BCUT2D eigenvalue weighted by atomic mass is 9.86. The van der Waals surface area contributed by atoms with Crippen LogP contribution in [0.2, 0.25) is 0 Å². The Morgan fingerprint density at radius 2 is 1.89 bits per heavy atom. The molecule has 3 unspecified atom stereocenters. The average Bonchev–Trinajstić information content (AvgIpc) is 2.73. The summed E-state index contributed by atoms with van der Waals surface area (Å²) < 4.78 is 5.11. The molecule has 0 amide bonds. The summed E-state index contributed by atoms with van der Waals surface area (Å²) in [7, 11) is 0. The fourth-order valence-corrected chi connectivity index (χ4v) is 1.97. The molecule has 1 aromatic rings. The Bertz CT molecular complexity index is 436. The van der Waals surface area contributed by atoms with Gasteiger partial charge in [0.05, 0.1) is 11.6 Å². The van der Waals surface area contributed by atoms with E-state index in [1.807, 2.05) is 27.7 Å². The Labute approximate surface area is 108 Å². The number of aromatic nitrogens is 1. The monoisotopic (exact) mass is 251 g/mol. The molecule has 0 aliphatic carbocycles. The largest absolute Gasteiger partial charge is 0.360 e. The highest BCUT2D eigenvalue weighted by molar-refractivity contribution is 5.87. The summed E-state index contributed by atoms with van der Waals surface area (Å²) in [6.07, 6.45) is 0.589. The van der Waals surface area contributed by atoms with Gasteiger partial charge in [0, 0.05) is 17.9 Å². The standard InChI is InChI=1S/C14H21NO3/c1-8(12(5)16)6-9(2)14(17)11(4)13-7-10(3)15-18-13/h7-9,11H,6H2,1-5H3. The number of hydrogen-bond donors (Lipinski definition) is 0. The Kier molecular flexibility index (Phi) is 4.82. The van der Waals surface area contributed by atoms with Crippen LogP contribution >= 0.6 is 0 Å². The maximum Gasteiger partial charge on any atom is 0.147 e. The molecule has 0 fully saturated rings. The van der Waals surface area contributed by atoms with Crippen LogP contribution in [0.15, 0.2) is 10.6 Å². The summed E-state index contributed by atoms with van der Waals surface area (Å²) in [4.78, 5) is 23.4. The first-order valence-electron chi connectivity index (χ1n) is 6.30. The number of Topliss-reactive ketones (excluding diaryl/α,β-unsaturated/α-hetero) is 2. The van der Waals surface area contributed by atoms with Crippen molar-refractivity contribution in [2.75, 3.05) is 0 Å². The summed E-state index contributed by atoms with van der Waals surface area (Å²) >= 11 is 0. The predicted octanol–water partition coefficient (Wildman–Crippen LogP) is 2.91. The van der Waals surface area contributed by atoms with Gasteiger partial charge in [-0.2, -0.15) is 0 Å². The van der Waals surface area contributed by atoms with Crippen molar-refractivity contribution in [1.82, 2.24) is 5.16 Å². The predicted molar refractivity (Wildman–Crippen MR) is 68.3 cm³/mol. The van der Waals surface area contributed by atoms with E-state index in [9.17, 15) is 9.59 Å². The van der Waals surface area contributed by atoms with Gasteiger partial charge in [0.2, 0.25) is 0 Å². The molecule has 0 aliphatic rings. The van der Waals surface area contributed by atoms with Gasteiger partial charge in [-0.05, 0) is 27.2 Å². The molecule has 0 aliphatic heterocycles. The van der Waals surface area contributed by atoms with Crippen molar-refractivity contribution in [3.05, 3.63) is 17.5 Å². The first kappa shape index (κ1) is 14.6. The first-order valence-corrected chi connectivity index (χ1v) is 6.30. The van der Waals surface area contributed by atoms with Gasteiger partial charge in [-0.3, -0.25) is 9.59 Å². The molecule has 1 heterocycles. The number of carbonyl (C=O) groups excluding carboxylic acids is 2. The molecule has 1 rings (SSSR count). The molecule has 0 bridgehead atoms. The summed E-state index contributed by atoms with van der Waals surface area (Å²) in [6.45, 7) is 8.92. The minimum absolute atomic E-state index is 0.0763. The quantitative estimate of drug-likeness (QED) is 0.780. The van der Waals surface area contributed by atoms with Crippen molar-refractivity contribution in [3.8, 4) is 0 Å². The van der Waals surface area contributed by atoms with Crippen LogP contribution in [0.25, 0.3) is 0 Å². The van der Waals surface area contributed by atoms with E-state index < -0.39 is 0 Å². The zero-order valence-electron chi connectivity index (χ0n) is 11.7. The van der Waals surface area contributed by atoms with Crippen molar-refractivity contribution < 1.29 is 14.1 Å². The van der Waals surface area contributed by atoms with Crippen LogP contribution in [-0.2, 0) is 9.59 Å². The van der Waals surface area contributed by atoms with Crippen LogP contribution in [0.5, 0.6) is 0 Å². The second-order valence-electron chi connectivity index (χ2n) is 5.14. The van der Waals surface area contributed by atoms with Gasteiger partial charge in [0.1, 0.15) is 17.3 Å². The number of ketones is 2. The Balaban J connectivity index is 2.66. The maximum absolute atomic E-state index is 12.2. The van der Waals surface area contributed by atoms with Gasteiger partial charge in [-0.1, -0.05) is 19.0 Å². The molecule has 0 saturated heterocycles. The lowest BCUT2D eigenvalue weighted by Crippen LogP contribution is -2.21. The van der Waals surface area contributed by atoms with Crippen molar-refractivity contribution in [2.24, 2.45) is 11.8 Å². The van der Waals surface area contributed by atoms with Gasteiger partial charge in [0.15, 0.2) is 0 Å². The number of aryl methyl sites for hydroxylation is 1. The van der Waals surface area contributed by atoms with Gasteiger partial charge in [0.25, 0.3) is 0 Å². The number of carbonyl (C=O) groups is 2. The smallest absolute Gasteiger partial charge is 0.147 e. The van der Waals surface area contributed by atoms with Crippen LogP contribution in [0.1, 0.15) is 51.5 Å². The minimum Gasteiger partial charge on any atom is -0.360 e. The molecule has 0 aromatic carbocycles. The van der Waals surface area contributed by atoms with Crippen molar-refractivity contribution in [3.63, 3.8) is 0 Å². The highest BCUT2D eigenvalue weighted by atomic mass is 16.5. The van der Waals surface area contributed by atoms with Crippen LogP contribution in [-0.4, -0.2) is 16.7 Å². The van der Waals surface area contributed by atoms with Crippen LogP contribution in [0.4, 0.5) is 0 Å². The van der Waals surface area contributed by atoms with Crippen LogP contribution in [0, 0.1) is 18.8 Å². The van der Waals surface area contributed by atoms with Gasteiger partial charge in [-0.25, -0.2) is 0 Å². The van der Waals surface area contributed by atoms with E-state index in [-0.39, 0.29) is 29.3 Å². The molecule has 4 heteroatoms. The second kappa shape index (κ2) is 5.94. The minimum atomic E-state index is -0.305. The Hall–Kier alpha value is -1.45. The van der Waals surface area contributed by atoms with E-state index >= 15 is 0 Å². The third-order valence-electron chi connectivity index (χ3n) is 3.39. The van der Waals surface area contributed by atoms with Crippen molar-refractivity contribution in [1.29, 1.82) is 0 Å². The van der Waals surface area contributed by atoms with Crippen molar-refractivity contribution >= 4 is 11.6 Å². The molecule has 1 aromatic heterocycles. The topological polar surface area (TPSA) is 60.2 Å². The third-order valence-corrected chi connectivity index (χ3v) is 3.39. The molecule has 18 heavy (non-hydrogen) atoms. The summed E-state index contributed by atoms with van der Waals surface area (Å²) in [6, 6.07) is 1.78. The highest BCUT2D eigenvalue weighted by Gasteiger charge is 2.26. The Morgan fingerprint density at radius 3 is 2.33 bits per heavy atom. The summed E-state index contributed by atoms with van der Waals surface area (Å²) in [5, 5.41) is 3.79. The van der Waals surface area contributed by atoms with Crippen molar-refractivity contribution in [2.45, 2.75) is 47.0 Å². The number of rotatable bonds is 6. The molecular weight excluding hydrogens is 230 g/mol. The van der Waals surface area contributed by atoms with E-state index in [1.165, 1.54) is 0 Å². The van der Waals surface area contributed by atoms with Gasteiger partial charge < -0.3 is 4.52 Å². The fourth-order valence-electron chi connectivity index (χ4n) is 1.97. The lowest BCUT2D eigenvalue weighted by molar-refractivity contribution is -0.125. The molecule has 100 valence electrons. The van der Waals surface area contributed by atoms with E-state index in [4.69, 9.17) is 4.52 Å². The molecule has 0 saturated carbocycles. The third kappa shape index (κ3) is 3.52. The van der Waals surface area contributed by atoms with E-state index in [1.54, 1.807) is 13.0 Å². The summed E-state index contributed by atoms with van der Waals surface area (Å²) in [5.41, 5.74) is 0.773. The molecule has 4 nitrogen and oxygen atoms in total. The molecular formula is C14H21NO3. The first-order chi connectivity index (χ1) is 8.32. The number of hydrogen-bond acceptors (Lipinski definition) is 4. The second-order valence-corrected chi connectivity index (χ2v) is 5.14. The maximum atomic E-state index is 12.2. The molecule has 3 atom stereocenters. The highest BCUT2D eigenvalue weighted by Crippen LogP contribution is 2.24. The average molecular weight is 251 g/mol. The number of nitrogens with zero attached hydrogens (tertiary/aromatic N) is 1. The zero-order chi connectivity index (χ0) is 13.9. The fraction of sp³-hybridized carbons (Fsp3) is 0.643. The molecule has 0 N–H and O–H groups in total. The lowest BCUT2D eigenvalue weighted by Gasteiger charge is -2.16. The van der Waals surface area contributed by atoms with E-state index in [0.717, 1.165) is 5.69 Å². The van der Waals surface area contributed by atoms with E-state index in [0.29, 0.717) is 12.2 Å². The van der Waals surface area contributed by atoms with E-state index in [2.05, 4.69) is 5.16 Å². The van der Waals surface area contributed by atoms with Gasteiger partial charge in [-0.15, -0.1) is 0 Å². The normalized spacial score (nSPS) is 16.1. The van der Waals surface area contributed by atoms with Crippen LogP contribution < -0.4 is 0 Å². The molecule has 0 radical (unpaired) electrons. The Morgan fingerprint density at radius 1 is 1.28 bits per heavy atom. The summed E-state index contributed by atoms with van der Waals surface area (Å²) in [5.74, 6) is 0.286. The SMILES string of the molecule is CC(=O)C(C)CC(C)C(=O)C(C)c1cc(C)no1.